The first-order valence-corrected chi connectivity index (χ1v) is 6.75. The lowest BCUT2D eigenvalue weighted by molar-refractivity contribution is 0.0909. The quantitative estimate of drug-likeness (QED) is 0.796. The van der Waals surface area contributed by atoms with Gasteiger partial charge in [0.15, 0.2) is 0 Å². The molecule has 0 bridgehead atoms. The third kappa shape index (κ3) is 4.03. The van der Waals surface area contributed by atoms with Gasteiger partial charge in [-0.05, 0) is 46.5 Å². The highest BCUT2D eigenvalue weighted by atomic mass is 79.9. The largest absolute Gasteiger partial charge is 0.349 e. The number of rotatable bonds is 2. The van der Waals surface area contributed by atoms with E-state index in [2.05, 4.69) is 54.6 Å². The SMILES string of the molecule is CC(NC(=O)c1cc(S)ccc1Br)C(C)(C)C. The third-order valence-corrected chi connectivity index (χ3v) is 3.81. The van der Waals surface area contributed by atoms with Crippen molar-refractivity contribution in [1.29, 1.82) is 0 Å². The molecule has 1 N–H and O–H groups in total. The fraction of sp³-hybridized carbons (Fsp3) is 0.462. The van der Waals surface area contributed by atoms with E-state index in [1.54, 1.807) is 6.07 Å². The molecule has 17 heavy (non-hydrogen) atoms. The van der Waals surface area contributed by atoms with Gasteiger partial charge in [0.1, 0.15) is 0 Å². The molecule has 1 unspecified atom stereocenters. The molecular formula is C13H18BrNOS. The number of nitrogens with one attached hydrogen (secondary N) is 1. The molecule has 0 spiro atoms. The zero-order chi connectivity index (χ0) is 13.2. The second-order valence-electron chi connectivity index (χ2n) is 5.23. The van der Waals surface area contributed by atoms with Crippen molar-refractivity contribution in [3.63, 3.8) is 0 Å². The van der Waals surface area contributed by atoms with Crippen LogP contribution in [0.25, 0.3) is 0 Å². The first-order valence-electron chi connectivity index (χ1n) is 5.51. The first-order chi connectivity index (χ1) is 7.71. The highest BCUT2D eigenvalue weighted by Gasteiger charge is 2.22. The molecule has 0 saturated carbocycles. The van der Waals surface area contributed by atoms with E-state index < -0.39 is 0 Å². The summed E-state index contributed by atoms with van der Waals surface area (Å²) >= 11 is 7.62. The Morgan fingerprint density at radius 3 is 2.53 bits per heavy atom. The molecule has 0 aliphatic heterocycles. The lowest BCUT2D eigenvalue weighted by Crippen LogP contribution is -2.41. The molecule has 0 aliphatic carbocycles. The van der Waals surface area contributed by atoms with Crippen LogP contribution in [0.2, 0.25) is 0 Å². The van der Waals surface area contributed by atoms with Crippen LogP contribution in [-0.4, -0.2) is 11.9 Å². The molecule has 4 heteroatoms. The van der Waals surface area contributed by atoms with E-state index in [1.807, 2.05) is 19.1 Å². The van der Waals surface area contributed by atoms with E-state index in [-0.39, 0.29) is 17.4 Å². The third-order valence-electron chi connectivity index (χ3n) is 2.84. The van der Waals surface area contributed by atoms with Gasteiger partial charge >= 0.3 is 0 Å². The van der Waals surface area contributed by atoms with Crippen molar-refractivity contribution in [1.82, 2.24) is 5.32 Å². The second kappa shape index (κ2) is 5.44. The number of hydrogen-bond acceptors (Lipinski definition) is 2. The van der Waals surface area contributed by atoms with Gasteiger partial charge in [-0.25, -0.2) is 0 Å². The minimum absolute atomic E-state index is 0.0424. The summed E-state index contributed by atoms with van der Waals surface area (Å²) in [5, 5.41) is 3.00. The molecule has 0 saturated heterocycles. The number of amides is 1. The molecule has 0 radical (unpaired) electrons. The maximum Gasteiger partial charge on any atom is 0.252 e. The number of carbonyl (C=O) groups excluding carboxylic acids is 1. The number of halogens is 1. The van der Waals surface area contributed by atoms with Gasteiger partial charge in [0.25, 0.3) is 5.91 Å². The van der Waals surface area contributed by atoms with Gasteiger partial charge in [-0.2, -0.15) is 0 Å². The van der Waals surface area contributed by atoms with Gasteiger partial charge in [-0.15, -0.1) is 12.6 Å². The predicted octanol–water partition coefficient (Wildman–Crippen LogP) is 3.90. The van der Waals surface area contributed by atoms with Crippen molar-refractivity contribution in [3.8, 4) is 0 Å². The zero-order valence-electron chi connectivity index (χ0n) is 10.5. The number of carbonyl (C=O) groups is 1. The highest BCUT2D eigenvalue weighted by Crippen LogP contribution is 2.22. The Morgan fingerprint density at radius 1 is 1.41 bits per heavy atom. The fourth-order valence-electron chi connectivity index (χ4n) is 1.18. The maximum absolute atomic E-state index is 12.1. The van der Waals surface area contributed by atoms with Crippen LogP contribution in [-0.2, 0) is 0 Å². The van der Waals surface area contributed by atoms with E-state index in [1.165, 1.54) is 0 Å². The average molecular weight is 316 g/mol. The summed E-state index contributed by atoms with van der Waals surface area (Å²) in [4.78, 5) is 12.9. The second-order valence-corrected chi connectivity index (χ2v) is 6.60. The van der Waals surface area contributed by atoms with Gasteiger partial charge in [-0.1, -0.05) is 20.8 Å². The monoisotopic (exact) mass is 315 g/mol. The van der Waals surface area contributed by atoms with Gasteiger partial charge < -0.3 is 5.32 Å². The van der Waals surface area contributed by atoms with Crippen LogP contribution >= 0.6 is 28.6 Å². The summed E-state index contributed by atoms with van der Waals surface area (Å²) in [7, 11) is 0. The lowest BCUT2D eigenvalue weighted by Gasteiger charge is -2.28. The minimum Gasteiger partial charge on any atom is -0.349 e. The van der Waals surface area contributed by atoms with Crippen LogP contribution in [0.4, 0.5) is 0 Å². The van der Waals surface area contributed by atoms with Gasteiger partial charge in [-0.3, -0.25) is 4.79 Å². The van der Waals surface area contributed by atoms with Crippen molar-refractivity contribution < 1.29 is 4.79 Å². The molecule has 2 nitrogen and oxygen atoms in total. The Labute approximate surface area is 117 Å². The van der Waals surface area contributed by atoms with Crippen molar-refractivity contribution in [3.05, 3.63) is 28.2 Å². The predicted molar refractivity (Wildman–Crippen MR) is 77.8 cm³/mol. The summed E-state index contributed by atoms with van der Waals surface area (Å²) in [5.74, 6) is -0.0739. The van der Waals surface area contributed by atoms with Crippen molar-refractivity contribution in [2.45, 2.75) is 38.6 Å². The molecule has 1 atom stereocenters. The Balaban J connectivity index is 2.87. The molecule has 0 aromatic heterocycles. The summed E-state index contributed by atoms with van der Waals surface area (Å²) in [5.41, 5.74) is 0.661. The number of benzene rings is 1. The molecular weight excluding hydrogens is 298 g/mol. The van der Waals surface area contributed by atoms with E-state index >= 15 is 0 Å². The number of hydrogen-bond donors (Lipinski definition) is 2. The van der Waals surface area contributed by atoms with Crippen LogP contribution in [0.15, 0.2) is 27.6 Å². The van der Waals surface area contributed by atoms with Crippen molar-refractivity contribution in [2.24, 2.45) is 5.41 Å². The normalized spacial score (nSPS) is 13.3. The summed E-state index contributed by atoms with van der Waals surface area (Å²) in [6, 6.07) is 5.54. The Hall–Kier alpha value is -0.480. The summed E-state index contributed by atoms with van der Waals surface area (Å²) < 4.78 is 0.786. The van der Waals surface area contributed by atoms with E-state index in [4.69, 9.17) is 0 Å². The molecule has 1 aromatic rings. The minimum atomic E-state index is -0.0739. The topological polar surface area (TPSA) is 29.1 Å². The molecule has 1 aromatic carbocycles. The standard InChI is InChI=1S/C13H18BrNOS/c1-8(13(2,3)4)15-12(16)10-7-9(17)5-6-11(10)14/h5-8,17H,1-4H3,(H,15,16). The average Bonchev–Trinajstić information content (AvgIpc) is 2.20. The first kappa shape index (κ1) is 14.6. The summed E-state index contributed by atoms with van der Waals surface area (Å²) in [6.45, 7) is 8.31. The molecule has 1 rings (SSSR count). The van der Waals surface area contributed by atoms with Crippen LogP contribution in [0.1, 0.15) is 38.1 Å². The molecule has 0 aliphatic rings. The van der Waals surface area contributed by atoms with Gasteiger partial charge in [0.05, 0.1) is 5.56 Å². The molecule has 94 valence electrons. The van der Waals surface area contributed by atoms with Crippen LogP contribution in [0, 0.1) is 5.41 Å². The smallest absolute Gasteiger partial charge is 0.252 e. The number of thiol groups is 1. The van der Waals surface area contributed by atoms with Crippen LogP contribution in [0.3, 0.4) is 0 Å². The van der Waals surface area contributed by atoms with Crippen LogP contribution in [0.5, 0.6) is 0 Å². The Kier molecular flexibility index (Phi) is 4.67. The van der Waals surface area contributed by atoms with Crippen LogP contribution < -0.4 is 5.32 Å². The van der Waals surface area contributed by atoms with Gasteiger partial charge in [0.2, 0.25) is 0 Å². The van der Waals surface area contributed by atoms with Crippen molar-refractivity contribution >= 4 is 34.5 Å². The summed E-state index contributed by atoms with van der Waals surface area (Å²) in [6.07, 6.45) is 0. The molecule has 0 heterocycles. The van der Waals surface area contributed by atoms with E-state index in [0.29, 0.717) is 5.56 Å². The molecule has 0 fully saturated rings. The van der Waals surface area contributed by atoms with E-state index in [0.717, 1.165) is 9.37 Å². The zero-order valence-corrected chi connectivity index (χ0v) is 13.0. The lowest BCUT2D eigenvalue weighted by atomic mass is 9.88. The van der Waals surface area contributed by atoms with E-state index in [9.17, 15) is 4.79 Å². The maximum atomic E-state index is 12.1. The Morgan fingerprint density at radius 2 is 2.00 bits per heavy atom. The Bertz CT molecular complexity index is 426. The highest BCUT2D eigenvalue weighted by molar-refractivity contribution is 9.10. The molecule has 1 amide bonds. The van der Waals surface area contributed by atoms with Crippen molar-refractivity contribution in [2.75, 3.05) is 0 Å². The fourth-order valence-corrected chi connectivity index (χ4v) is 1.81. The van der Waals surface area contributed by atoms with Gasteiger partial charge in [0, 0.05) is 15.4 Å².